The number of rotatable bonds is 3. The summed E-state index contributed by atoms with van der Waals surface area (Å²) in [5.74, 6) is 0.616. The standard InChI is InChI=1S/C14H10N4O3/c15-14-12(9-4-6-16-7-5-9)13(21-17-14)10-2-1-3-11(8-10)18(19)20/h1-8H,(H2,15,17). The van der Waals surface area contributed by atoms with Gasteiger partial charge in [0.2, 0.25) is 0 Å². The lowest BCUT2D eigenvalue weighted by Gasteiger charge is -2.02. The molecule has 0 saturated carbocycles. The number of pyridine rings is 1. The molecular formula is C14H10N4O3. The van der Waals surface area contributed by atoms with E-state index in [9.17, 15) is 10.1 Å². The van der Waals surface area contributed by atoms with Gasteiger partial charge >= 0.3 is 0 Å². The summed E-state index contributed by atoms with van der Waals surface area (Å²) in [6.45, 7) is 0. The van der Waals surface area contributed by atoms with Crippen molar-refractivity contribution in [1.82, 2.24) is 10.1 Å². The van der Waals surface area contributed by atoms with E-state index in [1.807, 2.05) is 0 Å². The molecule has 2 N–H and O–H groups in total. The highest BCUT2D eigenvalue weighted by molar-refractivity contribution is 5.86. The van der Waals surface area contributed by atoms with Crippen LogP contribution in [0, 0.1) is 10.1 Å². The van der Waals surface area contributed by atoms with E-state index in [1.54, 1.807) is 36.7 Å². The molecule has 3 aromatic rings. The third-order valence-corrected chi connectivity index (χ3v) is 3.01. The maximum atomic E-state index is 10.9. The minimum Gasteiger partial charge on any atom is -0.380 e. The number of nitrogens with zero attached hydrogens (tertiary/aromatic N) is 3. The van der Waals surface area contributed by atoms with Gasteiger partial charge in [0.05, 0.1) is 10.5 Å². The predicted molar refractivity (Wildman–Crippen MR) is 76.2 cm³/mol. The molecule has 2 heterocycles. The fourth-order valence-electron chi connectivity index (χ4n) is 2.06. The first-order valence-corrected chi connectivity index (χ1v) is 6.07. The molecule has 0 fully saturated rings. The van der Waals surface area contributed by atoms with Gasteiger partial charge in [0, 0.05) is 30.1 Å². The maximum Gasteiger partial charge on any atom is 0.270 e. The van der Waals surface area contributed by atoms with Gasteiger partial charge in [-0.3, -0.25) is 15.1 Å². The van der Waals surface area contributed by atoms with Crippen molar-refractivity contribution >= 4 is 11.5 Å². The van der Waals surface area contributed by atoms with Gasteiger partial charge in [0.25, 0.3) is 5.69 Å². The Kier molecular flexibility index (Phi) is 3.07. The van der Waals surface area contributed by atoms with Crippen molar-refractivity contribution in [1.29, 1.82) is 0 Å². The van der Waals surface area contributed by atoms with Crippen LogP contribution in [-0.4, -0.2) is 15.1 Å². The maximum absolute atomic E-state index is 10.9. The monoisotopic (exact) mass is 282 g/mol. The molecule has 0 aliphatic carbocycles. The van der Waals surface area contributed by atoms with E-state index in [1.165, 1.54) is 12.1 Å². The molecule has 0 amide bonds. The zero-order valence-corrected chi connectivity index (χ0v) is 10.8. The molecule has 0 atom stereocenters. The van der Waals surface area contributed by atoms with E-state index in [-0.39, 0.29) is 11.5 Å². The van der Waals surface area contributed by atoms with Gasteiger partial charge in [-0.05, 0) is 17.7 Å². The number of hydrogen-bond donors (Lipinski definition) is 1. The van der Waals surface area contributed by atoms with E-state index in [0.29, 0.717) is 16.9 Å². The number of nitro benzene ring substituents is 1. The lowest BCUT2D eigenvalue weighted by atomic mass is 10.0. The van der Waals surface area contributed by atoms with E-state index in [2.05, 4.69) is 10.1 Å². The molecular weight excluding hydrogens is 272 g/mol. The van der Waals surface area contributed by atoms with Gasteiger partial charge in [0.15, 0.2) is 11.6 Å². The van der Waals surface area contributed by atoms with Gasteiger partial charge in [-0.2, -0.15) is 0 Å². The summed E-state index contributed by atoms with van der Waals surface area (Å²) >= 11 is 0. The zero-order valence-electron chi connectivity index (χ0n) is 10.8. The lowest BCUT2D eigenvalue weighted by Crippen LogP contribution is -1.90. The van der Waals surface area contributed by atoms with Crippen LogP contribution in [0.3, 0.4) is 0 Å². The normalized spacial score (nSPS) is 10.5. The van der Waals surface area contributed by atoms with Crippen LogP contribution < -0.4 is 5.73 Å². The quantitative estimate of drug-likeness (QED) is 0.584. The zero-order chi connectivity index (χ0) is 14.8. The number of nitrogen functional groups attached to an aromatic ring is 1. The number of nitrogens with two attached hydrogens (primary N) is 1. The van der Waals surface area contributed by atoms with Gasteiger partial charge in [-0.25, -0.2) is 0 Å². The molecule has 0 aliphatic rings. The highest BCUT2D eigenvalue weighted by atomic mass is 16.6. The third kappa shape index (κ3) is 2.32. The Bertz CT molecular complexity index is 799. The molecule has 7 heteroatoms. The Labute approximate surface area is 119 Å². The molecule has 0 unspecified atom stereocenters. The molecule has 104 valence electrons. The van der Waals surface area contributed by atoms with Crippen LogP contribution in [0.25, 0.3) is 22.5 Å². The van der Waals surface area contributed by atoms with Crippen molar-refractivity contribution in [2.24, 2.45) is 0 Å². The van der Waals surface area contributed by atoms with Crippen molar-refractivity contribution in [2.45, 2.75) is 0 Å². The first kappa shape index (κ1) is 12.8. The molecule has 0 radical (unpaired) electrons. The minimum absolute atomic E-state index is 0.0249. The Morgan fingerprint density at radius 3 is 2.62 bits per heavy atom. The Hall–Kier alpha value is -3.22. The highest BCUT2D eigenvalue weighted by Gasteiger charge is 2.19. The van der Waals surface area contributed by atoms with Crippen LogP contribution >= 0.6 is 0 Å². The average Bonchev–Trinajstić information content (AvgIpc) is 2.90. The second kappa shape index (κ2) is 5.04. The van der Waals surface area contributed by atoms with Gasteiger partial charge in [-0.1, -0.05) is 17.3 Å². The summed E-state index contributed by atoms with van der Waals surface area (Å²) in [6.07, 6.45) is 3.25. The number of aromatic nitrogens is 2. The van der Waals surface area contributed by atoms with E-state index >= 15 is 0 Å². The SMILES string of the molecule is Nc1noc(-c2cccc([N+](=O)[O-])c2)c1-c1ccncc1. The van der Waals surface area contributed by atoms with Crippen LogP contribution in [0.1, 0.15) is 0 Å². The first-order valence-electron chi connectivity index (χ1n) is 6.07. The summed E-state index contributed by atoms with van der Waals surface area (Å²) in [7, 11) is 0. The molecule has 0 saturated heterocycles. The van der Waals surface area contributed by atoms with Gasteiger partial charge in [-0.15, -0.1) is 0 Å². The first-order chi connectivity index (χ1) is 10.2. The molecule has 0 aliphatic heterocycles. The molecule has 0 spiro atoms. The fourth-order valence-corrected chi connectivity index (χ4v) is 2.06. The topological polar surface area (TPSA) is 108 Å². The largest absolute Gasteiger partial charge is 0.380 e. The van der Waals surface area contributed by atoms with Crippen LogP contribution in [0.4, 0.5) is 11.5 Å². The van der Waals surface area contributed by atoms with Crippen molar-refractivity contribution < 1.29 is 9.45 Å². The summed E-state index contributed by atoms with van der Waals surface area (Å²) in [6, 6.07) is 9.66. The van der Waals surface area contributed by atoms with Crippen molar-refractivity contribution in [2.75, 3.05) is 5.73 Å². The molecule has 21 heavy (non-hydrogen) atoms. The Morgan fingerprint density at radius 1 is 1.14 bits per heavy atom. The van der Waals surface area contributed by atoms with Crippen molar-refractivity contribution in [3.63, 3.8) is 0 Å². The second-order valence-corrected chi connectivity index (χ2v) is 4.32. The fraction of sp³-hybridized carbons (Fsp3) is 0. The third-order valence-electron chi connectivity index (χ3n) is 3.01. The predicted octanol–water partition coefficient (Wildman–Crippen LogP) is 2.89. The average molecular weight is 282 g/mol. The van der Waals surface area contributed by atoms with Crippen LogP contribution in [-0.2, 0) is 0 Å². The van der Waals surface area contributed by atoms with Crippen molar-refractivity contribution in [3.8, 4) is 22.5 Å². The molecule has 1 aromatic carbocycles. The molecule has 7 nitrogen and oxygen atoms in total. The Morgan fingerprint density at radius 2 is 1.90 bits per heavy atom. The lowest BCUT2D eigenvalue weighted by molar-refractivity contribution is -0.384. The molecule has 2 aromatic heterocycles. The smallest absolute Gasteiger partial charge is 0.270 e. The van der Waals surface area contributed by atoms with E-state index in [4.69, 9.17) is 10.3 Å². The number of hydrogen-bond acceptors (Lipinski definition) is 6. The summed E-state index contributed by atoms with van der Waals surface area (Å²) in [4.78, 5) is 14.4. The summed E-state index contributed by atoms with van der Waals surface area (Å²) in [5, 5.41) is 14.6. The van der Waals surface area contributed by atoms with Crippen molar-refractivity contribution in [3.05, 3.63) is 58.9 Å². The summed E-state index contributed by atoms with van der Waals surface area (Å²) < 4.78 is 5.25. The molecule has 3 rings (SSSR count). The second-order valence-electron chi connectivity index (χ2n) is 4.32. The van der Waals surface area contributed by atoms with Gasteiger partial charge in [0.1, 0.15) is 0 Å². The number of nitro groups is 1. The van der Waals surface area contributed by atoms with Gasteiger partial charge < -0.3 is 10.3 Å². The number of benzene rings is 1. The van der Waals surface area contributed by atoms with Crippen LogP contribution in [0.5, 0.6) is 0 Å². The van der Waals surface area contributed by atoms with E-state index in [0.717, 1.165) is 5.56 Å². The number of anilines is 1. The summed E-state index contributed by atoms with van der Waals surface area (Å²) in [5.41, 5.74) is 7.74. The van der Waals surface area contributed by atoms with Crippen LogP contribution in [0.15, 0.2) is 53.3 Å². The Balaban J connectivity index is 2.17. The molecule has 0 bridgehead atoms. The minimum atomic E-state index is -0.463. The van der Waals surface area contributed by atoms with E-state index < -0.39 is 4.92 Å². The van der Waals surface area contributed by atoms with Crippen LogP contribution in [0.2, 0.25) is 0 Å². The highest BCUT2D eigenvalue weighted by Crippen LogP contribution is 2.37. The number of non-ortho nitro benzene ring substituents is 1.